The van der Waals surface area contributed by atoms with Gasteiger partial charge in [-0.1, -0.05) is 54.6 Å². The van der Waals surface area contributed by atoms with Crippen molar-refractivity contribution in [2.45, 2.75) is 31.8 Å². The summed E-state index contributed by atoms with van der Waals surface area (Å²) in [6.45, 7) is 1.83. The Bertz CT molecular complexity index is 899. The van der Waals surface area contributed by atoms with Crippen molar-refractivity contribution in [2.24, 2.45) is 0 Å². The van der Waals surface area contributed by atoms with Crippen LogP contribution in [0.15, 0.2) is 65.9 Å². The summed E-state index contributed by atoms with van der Waals surface area (Å²) in [5.41, 5.74) is 4.25. The van der Waals surface area contributed by atoms with Crippen LogP contribution in [0.3, 0.4) is 0 Å². The Balaban J connectivity index is 1.71. The van der Waals surface area contributed by atoms with Crippen molar-refractivity contribution in [3.05, 3.63) is 71.4 Å². The minimum absolute atomic E-state index is 0.153. The normalized spacial score (nSPS) is 19.7. The van der Waals surface area contributed by atoms with Gasteiger partial charge in [-0.05, 0) is 36.5 Å². The highest BCUT2D eigenvalue weighted by Gasteiger charge is 2.42. The van der Waals surface area contributed by atoms with E-state index in [-0.39, 0.29) is 12.1 Å². The molecule has 0 saturated heterocycles. The monoisotopic (exact) mass is 362 g/mol. The number of methoxy groups -OCH3 is 1. The van der Waals surface area contributed by atoms with Gasteiger partial charge in [0, 0.05) is 11.7 Å². The van der Waals surface area contributed by atoms with Crippen LogP contribution in [0.2, 0.25) is 0 Å². The number of amides is 2. The first kappa shape index (κ1) is 17.3. The zero-order valence-electron chi connectivity index (χ0n) is 15.4. The predicted octanol–water partition coefficient (Wildman–Crippen LogP) is 4.03. The zero-order chi connectivity index (χ0) is 19.0. The number of hydrogen-bond donors (Lipinski definition) is 1. The maximum Gasteiger partial charge on any atom is 0.337 e. The molecule has 138 valence electrons. The molecule has 1 saturated carbocycles. The second kappa shape index (κ2) is 6.91. The van der Waals surface area contributed by atoms with Crippen LogP contribution in [-0.2, 0) is 9.53 Å². The Hall–Kier alpha value is -3.08. The third kappa shape index (κ3) is 3.21. The fourth-order valence-electron chi connectivity index (χ4n) is 3.65. The van der Waals surface area contributed by atoms with E-state index in [0.29, 0.717) is 11.3 Å². The molecule has 1 atom stereocenters. The summed E-state index contributed by atoms with van der Waals surface area (Å²) in [4.78, 5) is 26.8. The maximum atomic E-state index is 12.6. The van der Waals surface area contributed by atoms with Gasteiger partial charge in [-0.2, -0.15) is 0 Å². The molecule has 2 aliphatic rings. The van der Waals surface area contributed by atoms with Crippen molar-refractivity contribution in [1.29, 1.82) is 0 Å². The van der Waals surface area contributed by atoms with E-state index in [2.05, 4.69) is 17.4 Å². The Kier molecular flexibility index (Phi) is 4.44. The van der Waals surface area contributed by atoms with Crippen molar-refractivity contribution >= 4 is 12.0 Å². The van der Waals surface area contributed by atoms with Crippen LogP contribution in [-0.4, -0.2) is 30.1 Å². The molecule has 1 aliphatic carbocycles. The third-order valence-corrected chi connectivity index (χ3v) is 5.19. The number of carbonyl (C=O) groups excluding carboxylic acids is 2. The number of allylic oxidation sites excluding steroid dienone is 1. The number of esters is 1. The predicted molar refractivity (Wildman–Crippen MR) is 103 cm³/mol. The molecule has 4 rings (SSSR count). The number of nitrogens with one attached hydrogen (secondary N) is 1. The molecular formula is C22H22N2O3. The van der Waals surface area contributed by atoms with Gasteiger partial charge < -0.3 is 10.1 Å². The van der Waals surface area contributed by atoms with Crippen LogP contribution < -0.4 is 5.32 Å². The van der Waals surface area contributed by atoms with Gasteiger partial charge in [0.05, 0.1) is 18.7 Å². The third-order valence-electron chi connectivity index (χ3n) is 5.19. The highest BCUT2D eigenvalue weighted by Crippen LogP contribution is 2.38. The number of urea groups is 1. The van der Waals surface area contributed by atoms with Crippen molar-refractivity contribution in [3.8, 4) is 11.1 Å². The number of nitrogens with zero attached hydrogens (tertiary/aromatic N) is 1. The van der Waals surface area contributed by atoms with Crippen LogP contribution in [0.1, 0.15) is 31.4 Å². The molecule has 2 amide bonds. The van der Waals surface area contributed by atoms with E-state index in [1.54, 1.807) is 4.90 Å². The van der Waals surface area contributed by atoms with Crippen LogP contribution in [0.25, 0.3) is 11.1 Å². The summed E-state index contributed by atoms with van der Waals surface area (Å²) in [6, 6.07) is 17.5. The van der Waals surface area contributed by atoms with E-state index in [1.165, 1.54) is 7.11 Å². The van der Waals surface area contributed by atoms with Gasteiger partial charge in [-0.25, -0.2) is 9.59 Å². The molecule has 1 N–H and O–H groups in total. The number of carbonyl (C=O) groups is 2. The molecule has 1 aliphatic heterocycles. The minimum Gasteiger partial charge on any atom is -0.466 e. The molecule has 1 fully saturated rings. The topological polar surface area (TPSA) is 58.6 Å². The van der Waals surface area contributed by atoms with Crippen molar-refractivity contribution in [3.63, 3.8) is 0 Å². The molecule has 2 aromatic rings. The Morgan fingerprint density at radius 2 is 1.67 bits per heavy atom. The molecule has 0 bridgehead atoms. The number of rotatable bonds is 4. The summed E-state index contributed by atoms with van der Waals surface area (Å²) in [7, 11) is 1.37. The first-order valence-electron chi connectivity index (χ1n) is 9.14. The Morgan fingerprint density at radius 1 is 1.04 bits per heavy atom. The van der Waals surface area contributed by atoms with Crippen LogP contribution >= 0.6 is 0 Å². The summed E-state index contributed by atoms with van der Waals surface area (Å²) < 4.78 is 5.01. The van der Waals surface area contributed by atoms with Crippen LogP contribution in [0.5, 0.6) is 0 Å². The van der Waals surface area contributed by atoms with Crippen LogP contribution in [0.4, 0.5) is 4.79 Å². The van der Waals surface area contributed by atoms with Crippen molar-refractivity contribution < 1.29 is 14.3 Å². The van der Waals surface area contributed by atoms with E-state index in [0.717, 1.165) is 29.5 Å². The lowest BCUT2D eigenvalue weighted by Gasteiger charge is -2.35. The quantitative estimate of drug-likeness (QED) is 0.836. The average Bonchev–Trinajstić information content (AvgIpc) is 3.53. The van der Waals surface area contributed by atoms with Gasteiger partial charge in [0.15, 0.2) is 0 Å². The van der Waals surface area contributed by atoms with Gasteiger partial charge in [-0.15, -0.1) is 0 Å². The molecule has 5 heteroatoms. The first-order valence-corrected chi connectivity index (χ1v) is 9.14. The summed E-state index contributed by atoms with van der Waals surface area (Å²) in [6.07, 6.45) is 1.94. The molecule has 27 heavy (non-hydrogen) atoms. The molecule has 0 spiro atoms. The van der Waals surface area contributed by atoms with Gasteiger partial charge in [0.25, 0.3) is 0 Å². The van der Waals surface area contributed by atoms with E-state index in [9.17, 15) is 9.59 Å². The van der Waals surface area contributed by atoms with Gasteiger partial charge >= 0.3 is 12.0 Å². The van der Waals surface area contributed by atoms with Gasteiger partial charge in [0.2, 0.25) is 0 Å². The Morgan fingerprint density at radius 3 is 2.26 bits per heavy atom. The number of ether oxygens (including phenoxy) is 1. The maximum absolute atomic E-state index is 12.6. The van der Waals surface area contributed by atoms with Crippen LogP contribution in [0, 0.1) is 0 Å². The Labute approximate surface area is 158 Å². The van der Waals surface area contributed by atoms with E-state index < -0.39 is 12.0 Å². The number of benzene rings is 2. The van der Waals surface area contributed by atoms with Gasteiger partial charge in [0.1, 0.15) is 0 Å². The lowest BCUT2D eigenvalue weighted by molar-refractivity contribution is -0.136. The average molecular weight is 362 g/mol. The highest BCUT2D eigenvalue weighted by molar-refractivity contribution is 5.95. The smallest absolute Gasteiger partial charge is 0.337 e. The van der Waals surface area contributed by atoms with E-state index in [1.807, 2.05) is 49.4 Å². The van der Waals surface area contributed by atoms with E-state index in [4.69, 9.17) is 4.74 Å². The molecule has 1 unspecified atom stereocenters. The SMILES string of the molecule is COC(=O)C1=C(C)N(C2CC2)C(=O)NC1c1ccc(-c2ccccc2)cc1. The van der Waals surface area contributed by atoms with Crippen molar-refractivity contribution in [2.75, 3.05) is 7.11 Å². The largest absolute Gasteiger partial charge is 0.466 e. The fraction of sp³-hybridized carbons (Fsp3) is 0.273. The molecule has 0 radical (unpaired) electrons. The molecule has 1 heterocycles. The lowest BCUT2D eigenvalue weighted by atomic mass is 9.93. The zero-order valence-corrected chi connectivity index (χ0v) is 15.4. The van der Waals surface area contributed by atoms with Gasteiger partial charge in [-0.3, -0.25) is 4.90 Å². The molecule has 2 aromatic carbocycles. The number of hydrogen-bond acceptors (Lipinski definition) is 3. The molecular weight excluding hydrogens is 340 g/mol. The summed E-state index contributed by atoms with van der Waals surface area (Å²) in [5, 5.41) is 2.99. The fourth-order valence-corrected chi connectivity index (χ4v) is 3.65. The first-order chi connectivity index (χ1) is 13.1. The minimum atomic E-state index is -0.509. The standard InChI is InChI=1S/C22H22N2O3/c1-14-19(21(25)27-2)20(23-22(26)24(14)18-12-13-18)17-10-8-16(9-11-17)15-6-4-3-5-7-15/h3-11,18,20H,12-13H2,1-2H3,(H,23,26). The highest BCUT2D eigenvalue weighted by atomic mass is 16.5. The molecule has 5 nitrogen and oxygen atoms in total. The summed E-state index contributed by atoms with van der Waals surface area (Å²) in [5.74, 6) is -0.407. The lowest BCUT2D eigenvalue weighted by Crippen LogP contribution is -2.48. The van der Waals surface area contributed by atoms with E-state index >= 15 is 0 Å². The molecule has 0 aromatic heterocycles. The second-order valence-corrected chi connectivity index (χ2v) is 6.96. The second-order valence-electron chi connectivity index (χ2n) is 6.96. The van der Waals surface area contributed by atoms with Crippen molar-refractivity contribution in [1.82, 2.24) is 10.2 Å². The summed E-state index contributed by atoms with van der Waals surface area (Å²) >= 11 is 0.